The van der Waals surface area contributed by atoms with Crippen molar-refractivity contribution >= 4 is 18.2 Å². The fraction of sp³-hybridized carbons (Fsp3) is 0.611. The maximum atomic E-state index is 8.43. The van der Waals surface area contributed by atoms with E-state index in [1.807, 2.05) is 0 Å². The van der Waals surface area contributed by atoms with Crippen molar-refractivity contribution in [3.63, 3.8) is 0 Å². The molecule has 4 saturated carbocycles. The van der Waals surface area contributed by atoms with E-state index in [0.29, 0.717) is 17.7 Å². The van der Waals surface area contributed by atoms with E-state index < -0.39 is 0 Å². The van der Waals surface area contributed by atoms with E-state index in [1.54, 1.807) is 0 Å². The zero-order valence-electron chi connectivity index (χ0n) is 12.6. The van der Waals surface area contributed by atoms with Gasteiger partial charge >= 0.3 is 0 Å². The standard InChI is InChI=1S/C18H24N2.ClH/c1-11-4-2-3-5-16(11)18(17(19)20)14-7-12-6-13(9-14)10-15(18)8-12;/h2-5,12-15H,6-10H2,1H3,(H3,19,20);1H. The molecule has 4 fully saturated rings. The fourth-order valence-electron chi connectivity index (χ4n) is 5.99. The molecule has 4 aliphatic carbocycles. The van der Waals surface area contributed by atoms with Gasteiger partial charge in [0.1, 0.15) is 5.84 Å². The van der Waals surface area contributed by atoms with E-state index in [2.05, 4.69) is 31.2 Å². The van der Waals surface area contributed by atoms with Crippen LogP contribution in [0.5, 0.6) is 0 Å². The van der Waals surface area contributed by atoms with Gasteiger partial charge in [0.15, 0.2) is 0 Å². The predicted molar refractivity (Wildman–Crippen MR) is 89.1 cm³/mol. The number of benzene rings is 1. The highest BCUT2D eigenvalue weighted by Gasteiger charge is 2.59. The molecule has 0 saturated heterocycles. The lowest BCUT2D eigenvalue weighted by atomic mass is 9.43. The van der Waals surface area contributed by atoms with E-state index in [-0.39, 0.29) is 17.8 Å². The number of rotatable bonds is 2. The Morgan fingerprint density at radius 1 is 1.05 bits per heavy atom. The molecule has 4 aliphatic rings. The second-order valence-electron chi connectivity index (χ2n) is 7.40. The minimum absolute atomic E-state index is 0. The molecule has 3 N–H and O–H groups in total. The Balaban J connectivity index is 0.00000132. The van der Waals surface area contributed by atoms with Gasteiger partial charge < -0.3 is 5.73 Å². The molecule has 0 heterocycles. The van der Waals surface area contributed by atoms with Crippen molar-refractivity contribution in [3.8, 4) is 0 Å². The molecule has 4 bridgehead atoms. The average Bonchev–Trinajstić information content (AvgIpc) is 2.39. The van der Waals surface area contributed by atoms with Gasteiger partial charge in [-0.3, -0.25) is 5.41 Å². The number of amidine groups is 1. The van der Waals surface area contributed by atoms with Gasteiger partial charge in [0.2, 0.25) is 0 Å². The Morgan fingerprint density at radius 2 is 1.57 bits per heavy atom. The van der Waals surface area contributed by atoms with Crippen LogP contribution in [0, 0.1) is 36.0 Å². The fourth-order valence-corrected chi connectivity index (χ4v) is 5.99. The first-order chi connectivity index (χ1) is 9.62. The van der Waals surface area contributed by atoms with Crippen LogP contribution in [0.2, 0.25) is 0 Å². The molecule has 0 aromatic heterocycles. The third-order valence-electron chi connectivity index (χ3n) is 6.46. The summed E-state index contributed by atoms with van der Waals surface area (Å²) in [7, 11) is 0. The van der Waals surface area contributed by atoms with Crippen molar-refractivity contribution < 1.29 is 0 Å². The zero-order valence-corrected chi connectivity index (χ0v) is 13.5. The number of nitrogens with two attached hydrogens (primary N) is 1. The summed E-state index contributed by atoms with van der Waals surface area (Å²) in [5.74, 6) is 3.47. The van der Waals surface area contributed by atoms with Crippen molar-refractivity contribution in [3.05, 3.63) is 35.4 Å². The highest BCUT2D eigenvalue weighted by atomic mass is 35.5. The van der Waals surface area contributed by atoms with Gasteiger partial charge in [0.05, 0.1) is 5.41 Å². The highest BCUT2D eigenvalue weighted by molar-refractivity contribution is 5.91. The molecule has 2 nitrogen and oxygen atoms in total. The first-order valence-corrected chi connectivity index (χ1v) is 8.03. The number of hydrogen-bond acceptors (Lipinski definition) is 1. The molecule has 0 radical (unpaired) electrons. The van der Waals surface area contributed by atoms with Crippen LogP contribution in [0.15, 0.2) is 24.3 Å². The Bertz CT molecular complexity index is 538. The molecule has 1 aromatic rings. The van der Waals surface area contributed by atoms with Gasteiger partial charge in [-0.15, -0.1) is 12.4 Å². The average molecular weight is 305 g/mol. The van der Waals surface area contributed by atoms with E-state index in [0.717, 1.165) is 11.8 Å². The Labute approximate surface area is 133 Å². The van der Waals surface area contributed by atoms with Gasteiger partial charge in [-0.05, 0) is 73.8 Å². The zero-order chi connectivity index (χ0) is 13.9. The smallest absolute Gasteiger partial charge is 0.102 e. The third kappa shape index (κ3) is 1.88. The Hall–Kier alpha value is -1.02. The summed E-state index contributed by atoms with van der Waals surface area (Å²) >= 11 is 0. The number of hydrogen-bond donors (Lipinski definition) is 2. The van der Waals surface area contributed by atoms with Gasteiger partial charge in [-0.2, -0.15) is 0 Å². The molecule has 3 heteroatoms. The highest BCUT2D eigenvalue weighted by Crippen LogP contribution is 2.63. The Kier molecular flexibility index (Phi) is 3.56. The van der Waals surface area contributed by atoms with Crippen molar-refractivity contribution in [2.75, 3.05) is 0 Å². The summed E-state index contributed by atoms with van der Waals surface area (Å²) in [6, 6.07) is 8.64. The van der Waals surface area contributed by atoms with Gasteiger partial charge in [0, 0.05) is 0 Å². The molecule has 114 valence electrons. The van der Waals surface area contributed by atoms with Crippen LogP contribution < -0.4 is 5.73 Å². The summed E-state index contributed by atoms with van der Waals surface area (Å²) in [5, 5.41) is 8.43. The van der Waals surface area contributed by atoms with Crippen LogP contribution in [-0.2, 0) is 5.41 Å². The molecule has 0 spiro atoms. The topological polar surface area (TPSA) is 49.9 Å². The largest absolute Gasteiger partial charge is 0.387 e. The molecule has 5 rings (SSSR count). The van der Waals surface area contributed by atoms with Crippen LogP contribution in [0.25, 0.3) is 0 Å². The summed E-state index contributed by atoms with van der Waals surface area (Å²) < 4.78 is 0. The van der Waals surface area contributed by atoms with Crippen LogP contribution >= 0.6 is 12.4 Å². The maximum Gasteiger partial charge on any atom is 0.102 e. The van der Waals surface area contributed by atoms with Crippen LogP contribution in [0.1, 0.15) is 43.2 Å². The van der Waals surface area contributed by atoms with Crippen molar-refractivity contribution in [2.45, 2.75) is 44.4 Å². The maximum absolute atomic E-state index is 8.43. The number of nitrogens with one attached hydrogen (secondary N) is 1. The lowest BCUT2D eigenvalue weighted by Gasteiger charge is -2.61. The summed E-state index contributed by atoms with van der Waals surface area (Å²) in [5.41, 5.74) is 8.75. The molecular weight excluding hydrogens is 280 g/mol. The van der Waals surface area contributed by atoms with Crippen LogP contribution in [0.4, 0.5) is 0 Å². The SMILES string of the molecule is Cc1ccccc1C1(C(=N)N)C2CC3CC(C2)CC1C3.Cl. The van der Waals surface area contributed by atoms with E-state index in [1.165, 1.54) is 43.2 Å². The predicted octanol–water partition coefficient (Wildman–Crippen LogP) is 4.05. The minimum Gasteiger partial charge on any atom is -0.387 e. The van der Waals surface area contributed by atoms with Gasteiger partial charge in [-0.1, -0.05) is 24.3 Å². The Morgan fingerprint density at radius 3 is 2.05 bits per heavy atom. The normalized spacial score (nSPS) is 39.9. The van der Waals surface area contributed by atoms with Gasteiger partial charge in [0.25, 0.3) is 0 Å². The minimum atomic E-state index is -0.154. The third-order valence-corrected chi connectivity index (χ3v) is 6.46. The first kappa shape index (κ1) is 14.9. The molecule has 1 aromatic carbocycles. The summed E-state index contributed by atoms with van der Waals surface area (Å²) in [6.07, 6.45) is 6.61. The second-order valence-corrected chi connectivity index (χ2v) is 7.40. The molecule has 21 heavy (non-hydrogen) atoms. The second kappa shape index (κ2) is 5.01. The molecule has 0 aliphatic heterocycles. The lowest BCUT2D eigenvalue weighted by molar-refractivity contribution is -0.0302. The van der Waals surface area contributed by atoms with Crippen molar-refractivity contribution in [1.29, 1.82) is 5.41 Å². The monoisotopic (exact) mass is 304 g/mol. The van der Waals surface area contributed by atoms with Crippen LogP contribution in [0.3, 0.4) is 0 Å². The number of halogens is 1. The first-order valence-electron chi connectivity index (χ1n) is 8.03. The van der Waals surface area contributed by atoms with E-state index in [4.69, 9.17) is 11.1 Å². The molecule has 0 atom stereocenters. The van der Waals surface area contributed by atoms with Crippen LogP contribution in [-0.4, -0.2) is 5.84 Å². The molecule has 0 unspecified atom stereocenters. The summed E-state index contributed by atoms with van der Waals surface area (Å²) in [4.78, 5) is 0. The van der Waals surface area contributed by atoms with Crippen molar-refractivity contribution in [1.82, 2.24) is 0 Å². The summed E-state index contributed by atoms with van der Waals surface area (Å²) in [6.45, 7) is 2.19. The molecule has 0 amide bonds. The van der Waals surface area contributed by atoms with Crippen molar-refractivity contribution in [2.24, 2.45) is 29.4 Å². The van der Waals surface area contributed by atoms with E-state index in [9.17, 15) is 0 Å². The molecular formula is C18H25ClN2. The van der Waals surface area contributed by atoms with E-state index >= 15 is 0 Å². The van der Waals surface area contributed by atoms with Gasteiger partial charge in [-0.25, -0.2) is 0 Å². The number of aryl methyl sites for hydroxylation is 1. The quantitative estimate of drug-likeness (QED) is 0.628. The lowest BCUT2D eigenvalue weighted by Crippen LogP contribution is -2.61.